The number of aliphatic hydroxyl groups is 1. The minimum atomic E-state index is -4.06. The van der Waals surface area contributed by atoms with Crippen LogP contribution in [0.15, 0.2) is 39.7 Å². The van der Waals surface area contributed by atoms with Crippen molar-refractivity contribution < 1.29 is 27.9 Å². The summed E-state index contributed by atoms with van der Waals surface area (Å²) in [4.78, 5) is 24.7. The van der Waals surface area contributed by atoms with Crippen LogP contribution >= 0.6 is 15.9 Å². The maximum Gasteiger partial charge on any atom is 0.327 e. The fourth-order valence-corrected chi connectivity index (χ4v) is 4.74. The molecule has 1 aliphatic rings. The van der Waals surface area contributed by atoms with E-state index in [2.05, 4.69) is 25.2 Å². The average Bonchev–Trinajstić information content (AvgIpc) is 3.48. The first-order valence-electron chi connectivity index (χ1n) is 9.41. The number of esters is 1. The van der Waals surface area contributed by atoms with E-state index in [4.69, 9.17) is 4.74 Å². The van der Waals surface area contributed by atoms with E-state index in [0.717, 1.165) is 24.2 Å². The fourth-order valence-electron chi connectivity index (χ4n) is 3.30. The molecular formula is C20H23BrN2O6S. The Labute approximate surface area is 183 Å². The molecule has 10 heteroatoms. The zero-order valence-electron chi connectivity index (χ0n) is 16.6. The molecule has 0 bridgehead atoms. The van der Waals surface area contributed by atoms with Crippen molar-refractivity contribution in [1.29, 1.82) is 0 Å². The van der Waals surface area contributed by atoms with Gasteiger partial charge in [0.25, 0.3) is 0 Å². The lowest BCUT2D eigenvalue weighted by Crippen LogP contribution is -2.44. The second kappa shape index (κ2) is 9.01. The second-order valence-electron chi connectivity index (χ2n) is 7.23. The molecule has 162 valence electrons. The Bertz CT molecular complexity index is 1060. The number of aryl methyl sites for hydroxylation is 1. The molecule has 1 aromatic heterocycles. The van der Waals surface area contributed by atoms with Gasteiger partial charge in [-0.05, 0) is 57.0 Å². The summed E-state index contributed by atoms with van der Waals surface area (Å²) in [6.07, 6.45) is 2.16. The van der Waals surface area contributed by atoms with E-state index in [0.29, 0.717) is 16.1 Å². The number of carbonyl (C=O) groups is 2. The van der Waals surface area contributed by atoms with Crippen molar-refractivity contribution in [3.63, 3.8) is 0 Å². The largest absolute Gasteiger partial charge is 0.456 e. The van der Waals surface area contributed by atoms with Crippen molar-refractivity contribution in [2.24, 2.45) is 0 Å². The number of aromatic nitrogens is 1. The van der Waals surface area contributed by atoms with Crippen LogP contribution in [0.1, 0.15) is 40.6 Å². The Kier molecular flexibility index (Phi) is 6.81. The summed E-state index contributed by atoms with van der Waals surface area (Å²) in [7, 11) is -4.06. The van der Waals surface area contributed by atoms with Crippen molar-refractivity contribution in [3.05, 3.63) is 51.8 Å². The first kappa shape index (κ1) is 22.7. The lowest BCUT2D eigenvalue weighted by molar-refractivity contribution is -0.145. The maximum atomic E-state index is 12.5. The molecule has 8 nitrogen and oxygen atoms in total. The summed E-state index contributed by atoms with van der Waals surface area (Å²) < 4.78 is 34.7. The van der Waals surface area contributed by atoms with Crippen molar-refractivity contribution in [2.45, 2.75) is 43.7 Å². The normalized spacial score (nSPS) is 15.1. The van der Waals surface area contributed by atoms with E-state index in [1.54, 1.807) is 6.07 Å². The summed E-state index contributed by atoms with van der Waals surface area (Å²) in [6.45, 7) is 2.43. The molecular weight excluding hydrogens is 476 g/mol. The van der Waals surface area contributed by atoms with Gasteiger partial charge < -0.3 is 14.4 Å². The van der Waals surface area contributed by atoms with Gasteiger partial charge in [-0.3, -0.25) is 9.59 Å². The maximum absolute atomic E-state index is 12.5. The summed E-state index contributed by atoms with van der Waals surface area (Å²) in [6, 6.07) is 6.45. The Morgan fingerprint density at radius 2 is 1.90 bits per heavy atom. The molecule has 2 N–H and O–H groups in total. The van der Waals surface area contributed by atoms with Gasteiger partial charge in [0.2, 0.25) is 15.8 Å². The van der Waals surface area contributed by atoms with Crippen LogP contribution in [0.25, 0.3) is 0 Å². The molecule has 30 heavy (non-hydrogen) atoms. The molecule has 1 saturated carbocycles. The van der Waals surface area contributed by atoms with E-state index >= 15 is 0 Å². The molecule has 1 aromatic carbocycles. The minimum absolute atomic E-state index is 0.0689. The van der Waals surface area contributed by atoms with Gasteiger partial charge in [0.1, 0.15) is 6.04 Å². The van der Waals surface area contributed by atoms with E-state index in [1.807, 2.05) is 13.8 Å². The molecule has 1 aliphatic carbocycles. The van der Waals surface area contributed by atoms with Crippen LogP contribution in [0.5, 0.6) is 0 Å². The fraction of sp³-hybridized carbons (Fsp3) is 0.400. The number of sulfonamides is 1. The molecule has 0 saturated heterocycles. The number of hydrogen-bond donors (Lipinski definition) is 2. The summed E-state index contributed by atoms with van der Waals surface area (Å²) in [5, 5.41) is 9.46. The number of halogens is 1. The molecule has 0 spiro atoms. The zero-order valence-corrected chi connectivity index (χ0v) is 19.0. The van der Waals surface area contributed by atoms with Crippen molar-refractivity contribution in [3.8, 4) is 0 Å². The number of ether oxygens (including phenoxy) is 1. The van der Waals surface area contributed by atoms with Crippen LogP contribution in [0.4, 0.5) is 0 Å². The SMILES string of the molecule is Cc1cc(C(=O)COC(=O)C(CO)NS(=O)(=O)c2ccc(Br)cc2)c(C)n1C1CC1. The van der Waals surface area contributed by atoms with Gasteiger partial charge in [0, 0.05) is 27.5 Å². The van der Waals surface area contributed by atoms with Crippen LogP contribution < -0.4 is 4.72 Å². The van der Waals surface area contributed by atoms with Crippen molar-refractivity contribution in [1.82, 2.24) is 9.29 Å². The zero-order chi connectivity index (χ0) is 22.1. The predicted molar refractivity (Wildman–Crippen MR) is 113 cm³/mol. The monoisotopic (exact) mass is 498 g/mol. The van der Waals surface area contributed by atoms with Crippen LogP contribution in [0.3, 0.4) is 0 Å². The number of benzene rings is 1. The number of hydrogen-bond acceptors (Lipinski definition) is 6. The summed E-state index contributed by atoms with van der Waals surface area (Å²) in [5.41, 5.74) is 2.27. The van der Waals surface area contributed by atoms with Gasteiger partial charge in [-0.25, -0.2) is 8.42 Å². The van der Waals surface area contributed by atoms with Gasteiger partial charge in [-0.15, -0.1) is 0 Å². The lowest BCUT2D eigenvalue weighted by Gasteiger charge is -2.15. The first-order valence-corrected chi connectivity index (χ1v) is 11.7. The molecule has 3 rings (SSSR count). The number of nitrogens with one attached hydrogen (secondary N) is 1. The van der Waals surface area contributed by atoms with Gasteiger partial charge in [-0.2, -0.15) is 4.72 Å². The van der Waals surface area contributed by atoms with E-state index in [9.17, 15) is 23.1 Å². The van der Waals surface area contributed by atoms with E-state index < -0.39 is 35.2 Å². The highest BCUT2D eigenvalue weighted by Crippen LogP contribution is 2.38. The molecule has 1 heterocycles. The van der Waals surface area contributed by atoms with Crippen LogP contribution in [0, 0.1) is 13.8 Å². The first-order chi connectivity index (χ1) is 14.1. The molecule has 1 unspecified atom stereocenters. The Hall–Kier alpha value is -2.01. The highest BCUT2D eigenvalue weighted by molar-refractivity contribution is 9.10. The van der Waals surface area contributed by atoms with Crippen LogP contribution in [-0.4, -0.2) is 49.1 Å². The molecule has 0 aliphatic heterocycles. The number of Topliss-reactive ketones (excluding diaryl/α,β-unsaturated/α-hetero) is 1. The van der Waals surface area contributed by atoms with Crippen molar-refractivity contribution in [2.75, 3.05) is 13.2 Å². The summed E-state index contributed by atoms with van der Waals surface area (Å²) >= 11 is 3.21. The minimum Gasteiger partial charge on any atom is -0.456 e. The molecule has 1 fully saturated rings. The molecule has 1 atom stereocenters. The van der Waals surface area contributed by atoms with Gasteiger partial charge in [0.15, 0.2) is 6.61 Å². The van der Waals surface area contributed by atoms with Crippen LogP contribution in [-0.2, 0) is 19.6 Å². The third-order valence-corrected chi connectivity index (χ3v) is 6.95. The molecule has 2 aromatic rings. The Balaban J connectivity index is 1.63. The highest BCUT2D eigenvalue weighted by atomic mass is 79.9. The van der Waals surface area contributed by atoms with Crippen LogP contribution in [0.2, 0.25) is 0 Å². The lowest BCUT2D eigenvalue weighted by atomic mass is 10.1. The highest BCUT2D eigenvalue weighted by Gasteiger charge is 2.30. The van der Waals surface area contributed by atoms with E-state index in [1.165, 1.54) is 24.3 Å². The number of nitrogens with zero attached hydrogens (tertiary/aromatic N) is 1. The molecule has 0 radical (unpaired) electrons. The standard InChI is InChI=1S/C20H23BrN2O6S/c1-12-9-17(13(2)23(12)15-5-6-15)19(25)11-29-20(26)18(10-24)22-30(27,28)16-7-3-14(21)4-8-16/h3-4,7-9,15,18,22,24H,5-6,10-11H2,1-2H3. The second-order valence-corrected chi connectivity index (χ2v) is 9.86. The number of carbonyl (C=O) groups excluding carboxylic acids is 2. The van der Waals surface area contributed by atoms with E-state index in [-0.39, 0.29) is 10.7 Å². The average molecular weight is 499 g/mol. The number of ketones is 1. The topological polar surface area (TPSA) is 115 Å². The Morgan fingerprint density at radius 1 is 1.27 bits per heavy atom. The van der Waals surface area contributed by atoms with Gasteiger partial charge in [0.05, 0.1) is 11.5 Å². The number of rotatable bonds is 9. The van der Waals surface area contributed by atoms with Crippen molar-refractivity contribution >= 4 is 37.7 Å². The van der Waals surface area contributed by atoms with Gasteiger partial charge in [-0.1, -0.05) is 15.9 Å². The van der Waals surface area contributed by atoms with Gasteiger partial charge >= 0.3 is 5.97 Å². The Morgan fingerprint density at radius 3 is 2.47 bits per heavy atom. The third kappa shape index (κ3) is 5.00. The summed E-state index contributed by atoms with van der Waals surface area (Å²) in [5.74, 6) is -1.40. The quantitative estimate of drug-likeness (QED) is 0.404. The molecule has 0 amide bonds. The third-order valence-electron chi connectivity index (χ3n) is 4.93. The smallest absolute Gasteiger partial charge is 0.327 e. The number of aliphatic hydroxyl groups excluding tert-OH is 1. The predicted octanol–water partition coefficient (Wildman–Crippen LogP) is 2.27.